The van der Waals surface area contributed by atoms with Crippen LogP contribution in [0.2, 0.25) is 0 Å². The number of hydrogen-bond donors (Lipinski definition) is 0. The molecule has 0 saturated heterocycles. The minimum absolute atomic E-state index is 0.599. The maximum Gasteiger partial charge on any atom is 0.0769 e. The second-order valence-corrected chi connectivity index (χ2v) is 4.83. The van der Waals surface area contributed by atoms with Crippen LogP contribution < -0.4 is 4.90 Å². The first kappa shape index (κ1) is 8.95. The lowest BCUT2D eigenvalue weighted by molar-refractivity contribution is 0.833. The van der Waals surface area contributed by atoms with Crippen molar-refractivity contribution in [2.45, 2.75) is 31.0 Å². The topological polar surface area (TPSA) is 3.24 Å². The van der Waals surface area contributed by atoms with Crippen LogP contribution in [0.4, 0.5) is 5.69 Å². The van der Waals surface area contributed by atoms with Crippen molar-refractivity contribution < 1.29 is 0 Å². The van der Waals surface area contributed by atoms with Crippen molar-refractivity contribution in [2.75, 3.05) is 11.4 Å². The van der Waals surface area contributed by atoms with E-state index in [4.69, 9.17) is 0 Å². The van der Waals surface area contributed by atoms with E-state index in [9.17, 15) is 0 Å². The normalized spacial score (nSPS) is 20.5. The molecular formula is C11H15NS. The molecule has 2 rings (SSSR count). The first-order chi connectivity index (χ1) is 6.22. The van der Waals surface area contributed by atoms with Gasteiger partial charge in [0.1, 0.15) is 0 Å². The van der Waals surface area contributed by atoms with Crippen molar-refractivity contribution in [1.29, 1.82) is 0 Å². The molecule has 1 nitrogen and oxygen atoms in total. The van der Waals surface area contributed by atoms with Crippen molar-refractivity contribution in [3.63, 3.8) is 0 Å². The van der Waals surface area contributed by atoms with Crippen LogP contribution in [0.25, 0.3) is 0 Å². The zero-order valence-corrected chi connectivity index (χ0v) is 9.19. The molecule has 13 heavy (non-hydrogen) atoms. The minimum Gasteiger partial charge on any atom is -0.359 e. The van der Waals surface area contributed by atoms with Crippen LogP contribution in [0.3, 0.4) is 0 Å². The van der Waals surface area contributed by atoms with Crippen molar-refractivity contribution in [1.82, 2.24) is 0 Å². The number of rotatable bonds is 1. The first-order valence-electron chi connectivity index (χ1n) is 4.76. The van der Waals surface area contributed by atoms with Gasteiger partial charge in [-0.05, 0) is 38.5 Å². The van der Waals surface area contributed by atoms with E-state index in [-0.39, 0.29) is 0 Å². The molecule has 1 heterocycles. The van der Waals surface area contributed by atoms with Crippen LogP contribution >= 0.6 is 11.8 Å². The van der Waals surface area contributed by atoms with Crippen molar-refractivity contribution in [2.24, 2.45) is 0 Å². The summed E-state index contributed by atoms with van der Waals surface area (Å²) in [5.74, 6) is 0. The van der Waals surface area contributed by atoms with E-state index in [1.807, 2.05) is 11.8 Å². The largest absolute Gasteiger partial charge is 0.359 e. The lowest BCUT2D eigenvalue weighted by atomic mass is 10.2. The van der Waals surface area contributed by atoms with E-state index in [0.717, 1.165) is 6.54 Å². The molecule has 0 saturated carbocycles. The number of fused-ring (bicyclic) bond motifs is 1. The quantitative estimate of drug-likeness (QED) is 0.673. The summed E-state index contributed by atoms with van der Waals surface area (Å²) in [6.45, 7) is 7.74. The van der Waals surface area contributed by atoms with E-state index >= 15 is 0 Å². The summed E-state index contributed by atoms with van der Waals surface area (Å²) in [6.07, 6.45) is 0. The standard InChI is InChI=1S/C11H15NS/c1-4-12-9(3)13-11-7-8(2)5-6-10(11)12/h5-7,9H,4H2,1-3H3. The number of aryl methyl sites for hydroxylation is 1. The highest BCUT2D eigenvalue weighted by molar-refractivity contribution is 8.00. The second-order valence-electron chi connectivity index (χ2n) is 3.47. The molecule has 1 aromatic carbocycles. The Morgan fingerprint density at radius 1 is 1.46 bits per heavy atom. The first-order valence-corrected chi connectivity index (χ1v) is 5.64. The molecule has 0 fully saturated rings. The maximum absolute atomic E-state index is 2.44. The van der Waals surface area contributed by atoms with Gasteiger partial charge in [-0.15, -0.1) is 0 Å². The fourth-order valence-corrected chi connectivity index (χ4v) is 3.14. The average Bonchev–Trinajstić information content (AvgIpc) is 2.39. The van der Waals surface area contributed by atoms with Crippen molar-refractivity contribution in [3.05, 3.63) is 23.8 Å². The lowest BCUT2D eigenvalue weighted by Gasteiger charge is -2.21. The van der Waals surface area contributed by atoms with Crippen LogP contribution in [-0.2, 0) is 0 Å². The van der Waals surface area contributed by atoms with E-state index in [1.165, 1.54) is 16.1 Å². The Kier molecular flexibility index (Phi) is 2.24. The summed E-state index contributed by atoms with van der Waals surface area (Å²) in [5.41, 5.74) is 2.77. The molecule has 0 aliphatic carbocycles. The van der Waals surface area contributed by atoms with Crippen molar-refractivity contribution in [3.8, 4) is 0 Å². The number of anilines is 1. The van der Waals surface area contributed by atoms with Crippen LogP contribution in [-0.4, -0.2) is 11.9 Å². The molecule has 0 amide bonds. The minimum atomic E-state index is 0.599. The Hall–Kier alpha value is -0.630. The molecule has 1 atom stereocenters. The Balaban J connectivity index is 2.42. The van der Waals surface area contributed by atoms with E-state index < -0.39 is 0 Å². The molecule has 0 spiro atoms. The van der Waals surface area contributed by atoms with Crippen LogP contribution in [0, 0.1) is 6.92 Å². The molecule has 0 N–H and O–H groups in total. The van der Waals surface area contributed by atoms with Crippen LogP contribution in [0.1, 0.15) is 19.4 Å². The average molecular weight is 193 g/mol. The third kappa shape index (κ3) is 1.44. The highest BCUT2D eigenvalue weighted by Gasteiger charge is 2.24. The number of nitrogens with zero attached hydrogens (tertiary/aromatic N) is 1. The Morgan fingerprint density at radius 3 is 2.92 bits per heavy atom. The van der Waals surface area contributed by atoms with Gasteiger partial charge in [-0.3, -0.25) is 0 Å². The SMILES string of the molecule is CCN1c2ccc(C)cc2SC1C. The van der Waals surface area contributed by atoms with Gasteiger partial charge in [0.2, 0.25) is 0 Å². The Bertz CT molecular complexity index is 322. The number of thioether (sulfide) groups is 1. The molecular weight excluding hydrogens is 178 g/mol. The molecule has 1 aliphatic rings. The zero-order valence-electron chi connectivity index (χ0n) is 8.37. The highest BCUT2D eigenvalue weighted by atomic mass is 32.2. The smallest absolute Gasteiger partial charge is 0.0769 e. The molecule has 0 aromatic heterocycles. The van der Waals surface area contributed by atoms with Gasteiger partial charge in [0, 0.05) is 11.4 Å². The van der Waals surface area contributed by atoms with Gasteiger partial charge in [0.15, 0.2) is 0 Å². The fraction of sp³-hybridized carbons (Fsp3) is 0.455. The van der Waals surface area contributed by atoms with Crippen molar-refractivity contribution >= 4 is 17.4 Å². The Morgan fingerprint density at radius 2 is 2.23 bits per heavy atom. The molecule has 70 valence electrons. The van der Waals surface area contributed by atoms with Gasteiger partial charge in [-0.25, -0.2) is 0 Å². The predicted octanol–water partition coefficient (Wildman–Crippen LogP) is 3.27. The lowest BCUT2D eigenvalue weighted by Crippen LogP contribution is -2.25. The molecule has 2 heteroatoms. The van der Waals surface area contributed by atoms with Gasteiger partial charge in [0.25, 0.3) is 0 Å². The van der Waals surface area contributed by atoms with Crippen LogP contribution in [0.5, 0.6) is 0 Å². The third-order valence-corrected chi connectivity index (χ3v) is 3.68. The summed E-state index contributed by atoms with van der Waals surface area (Å²) in [7, 11) is 0. The number of benzene rings is 1. The Labute approximate surface area is 84.1 Å². The molecule has 1 aliphatic heterocycles. The highest BCUT2D eigenvalue weighted by Crippen LogP contribution is 2.43. The summed E-state index contributed by atoms with van der Waals surface area (Å²) in [5, 5.41) is 0.599. The summed E-state index contributed by atoms with van der Waals surface area (Å²) in [4.78, 5) is 3.88. The fourth-order valence-electron chi connectivity index (χ4n) is 1.82. The van der Waals surface area contributed by atoms with Gasteiger partial charge in [-0.1, -0.05) is 17.8 Å². The van der Waals surface area contributed by atoms with Gasteiger partial charge in [-0.2, -0.15) is 0 Å². The summed E-state index contributed by atoms with van der Waals surface area (Å²) < 4.78 is 0. The van der Waals surface area contributed by atoms with E-state index in [0.29, 0.717) is 5.37 Å². The molecule has 0 radical (unpaired) electrons. The van der Waals surface area contributed by atoms with E-state index in [2.05, 4.69) is 43.9 Å². The van der Waals surface area contributed by atoms with Crippen LogP contribution in [0.15, 0.2) is 23.1 Å². The van der Waals surface area contributed by atoms with Gasteiger partial charge in [0.05, 0.1) is 11.1 Å². The molecule has 0 bridgehead atoms. The third-order valence-electron chi connectivity index (χ3n) is 2.50. The second kappa shape index (κ2) is 3.26. The predicted molar refractivity (Wildman–Crippen MR) is 59.5 cm³/mol. The summed E-state index contributed by atoms with van der Waals surface area (Å²) >= 11 is 1.96. The monoisotopic (exact) mass is 193 g/mol. The summed E-state index contributed by atoms with van der Waals surface area (Å²) in [6, 6.07) is 6.72. The molecule has 1 aromatic rings. The van der Waals surface area contributed by atoms with E-state index in [1.54, 1.807) is 0 Å². The van der Waals surface area contributed by atoms with Gasteiger partial charge >= 0.3 is 0 Å². The molecule has 1 unspecified atom stereocenters. The zero-order chi connectivity index (χ0) is 9.42. The van der Waals surface area contributed by atoms with Gasteiger partial charge < -0.3 is 4.90 Å². The number of hydrogen-bond acceptors (Lipinski definition) is 2. The maximum atomic E-state index is 2.44.